The minimum absolute atomic E-state index is 0.00728. The van der Waals surface area contributed by atoms with Gasteiger partial charge in [-0.1, -0.05) is 50.3 Å². The third-order valence-electron chi connectivity index (χ3n) is 9.61. The average Bonchev–Trinajstić information content (AvgIpc) is 3.15. The molecule has 0 saturated heterocycles. The van der Waals surface area contributed by atoms with Crippen molar-refractivity contribution in [2.24, 2.45) is 34.5 Å². The number of halogens is 3. The topological polar surface area (TPSA) is 60.4 Å². The molecule has 0 aliphatic heterocycles. The molecule has 0 spiro atoms. The fourth-order valence-electron chi connectivity index (χ4n) is 7.79. The SMILES string of the molecule is C[C@]12CC[C@H]3[C@@H](CC=C4C=C(OS(=O)(=O)C(F)(F)F)CC[C@@]43C)[C@@H]1CC[C@@H]2C(=O)c1ccccc1. The molecule has 2 fully saturated rings. The summed E-state index contributed by atoms with van der Waals surface area (Å²) in [6.07, 6.45) is 8.88. The van der Waals surface area contributed by atoms with E-state index < -0.39 is 15.6 Å². The molecule has 0 N–H and O–H groups in total. The number of alkyl halides is 3. The summed E-state index contributed by atoms with van der Waals surface area (Å²) in [6.45, 7) is 4.44. The number of carbonyl (C=O) groups is 1. The number of fused-ring (bicyclic) bond motifs is 5. The van der Waals surface area contributed by atoms with Gasteiger partial charge in [-0.15, -0.1) is 0 Å². The van der Waals surface area contributed by atoms with E-state index in [4.69, 9.17) is 0 Å². The van der Waals surface area contributed by atoms with Crippen LogP contribution in [0, 0.1) is 34.5 Å². The monoisotopic (exact) mass is 508 g/mol. The second-order valence-electron chi connectivity index (χ2n) is 11.2. The van der Waals surface area contributed by atoms with Crippen molar-refractivity contribution in [1.82, 2.24) is 0 Å². The zero-order valence-corrected chi connectivity index (χ0v) is 20.8. The molecular formula is C27H31F3O4S. The smallest absolute Gasteiger partial charge is 0.381 e. The largest absolute Gasteiger partial charge is 0.534 e. The standard InChI is InChI=1S/C27H31F3O4S/c1-25-14-12-19(34-35(32,33)27(28,29)30)16-18(25)8-9-20-21-10-11-23(26(21,2)15-13-22(20)25)24(31)17-6-4-3-5-7-17/h3-8,16,20-23H,9-15H2,1-2H3/t20-,21-,22-,23+,25-,26-/m0/s1. The quantitative estimate of drug-likeness (QED) is 0.255. The van der Waals surface area contributed by atoms with Crippen molar-refractivity contribution in [3.05, 3.63) is 59.4 Å². The van der Waals surface area contributed by atoms with Gasteiger partial charge in [0.15, 0.2) is 5.78 Å². The molecule has 0 bridgehead atoms. The summed E-state index contributed by atoms with van der Waals surface area (Å²) in [5.41, 5.74) is -4.07. The van der Waals surface area contributed by atoms with Gasteiger partial charge in [0, 0.05) is 17.9 Å². The van der Waals surface area contributed by atoms with Gasteiger partial charge in [0.2, 0.25) is 0 Å². The maximum Gasteiger partial charge on any atom is 0.534 e. The minimum atomic E-state index is -5.66. The van der Waals surface area contributed by atoms with E-state index in [2.05, 4.69) is 24.1 Å². The Kier molecular flexibility index (Phi) is 5.78. The van der Waals surface area contributed by atoms with Crippen LogP contribution in [0.3, 0.4) is 0 Å². The van der Waals surface area contributed by atoms with Crippen LogP contribution in [0.15, 0.2) is 53.8 Å². The van der Waals surface area contributed by atoms with Crippen molar-refractivity contribution in [2.75, 3.05) is 0 Å². The number of allylic oxidation sites excluding steroid dienone is 4. The maximum atomic E-state index is 13.4. The lowest BCUT2D eigenvalue weighted by molar-refractivity contribution is -0.0529. The van der Waals surface area contributed by atoms with E-state index in [1.165, 1.54) is 6.08 Å². The van der Waals surface area contributed by atoms with Crippen molar-refractivity contribution >= 4 is 15.9 Å². The summed E-state index contributed by atoms with van der Waals surface area (Å²) >= 11 is 0. The third kappa shape index (κ3) is 3.87. The molecule has 5 rings (SSSR count). The van der Waals surface area contributed by atoms with Crippen LogP contribution in [0.2, 0.25) is 0 Å². The van der Waals surface area contributed by atoms with Gasteiger partial charge in [-0.3, -0.25) is 4.79 Å². The summed E-state index contributed by atoms with van der Waals surface area (Å²) in [5, 5.41) is 0. The molecule has 0 aromatic heterocycles. The molecule has 0 unspecified atom stereocenters. The van der Waals surface area contributed by atoms with Crippen LogP contribution >= 0.6 is 0 Å². The highest BCUT2D eigenvalue weighted by molar-refractivity contribution is 7.87. The van der Waals surface area contributed by atoms with E-state index in [9.17, 15) is 26.4 Å². The molecule has 0 amide bonds. The van der Waals surface area contributed by atoms with Crippen LogP contribution in [-0.2, 0) is 14.3 Å². The zero-order chi connectivity index (χ0) is 25.2. The Bertz CT molecular complexity index is 1190. The van der Waals surface area contributed by atoms with E-state index in [0.717, 1.165) is 43.2 Å². The van der Waals surface area contributed by atoms with E-state index in [-0.39, 0.29) is 34.7 Å². The van der Waals surface area contributed by atoms with Crippen LogP contribution in [0.4, 0.5) is 13.2 Å². The van der Waals surface area contributed by atoms with Gasteiger partial charge in [-0.25, -0.2) is 0 Å². The molecule has 1 aromatic carbocycles. The first kappa shape index (κ1) is 24.6. The molecule has 8 heteroatoms. The molecule has 190 valence electrons. The lowest BCUT2D eigenvalue weighted by Crippen LogP contribution is -2.50. The highest BCUT2D eigenvalue weighted by Crippen LogP contribution is 2.66. The Morgan fingerprint density at radius 3 is 2.43 bits per heavy atom. The maximum absolute atomic E-state index is 13.4. The predicted octanol–water partition coefficient (Wildman–Crippen LogP) is 6.81. The number of rotatable bonds is 4. The minimum Gasteiger partial charge on any atom is -0.381 e. The van der Waals surface area contributed by atoms with Crippen LogP contribution in [-0.4, -0.2) is 19.7 Å². The van der Waals surface area contributed by atoms with Crippen molar-refractivity contribution in [1.29, 1.82) is 0 Å². The molecule has 0 radical (unpaired) electrons. The number of carbonyl (C=O) groups excluding carboxylic acids is 1. The molecule has 4 nitrogen and oxygen atoms in total. The molecular weight excluding hydrogens is 477 g/mol. The zero-order valence-electron chi connectivity index (χ0n) is 20.0. The molecule has 1 aromatic rings. The van der Waals surface area contributed by atoms with Gasteiger partial charge in [0.05, 0.1) is 0 Å². The summed E-state index contributed by atoms with van der Waals surface area (Å²) in [4.78, 5) is 13.4. The lowest BCUT2D eigenvalue weighted by Gasteiger charge is -2.56. The Morgan fingerprint density at radius 1 is 1.03 bits per heavy atom. The lowest BCUT2D eigenvalue weighted by atomic mass is 9.48. The molecule has 4 aliphatic carbocycles. The van der Waals surface area contributed by atoms with Crippen LogP contribution in [0.5, 0.6) is 0 Å². The highest BCUT2D eigenvalue weighted by Gasteiger charge is 2.59. The first-order valence-electron chi connectivity index (χ1n) is 12.4. The van der Waals surface area contributed by atoms with E-state index in [1.54, 1.807) is 0 Å². The molecule has 2 saturated carbocycles. The van der Waals surface area contributed by atoms with E-state index >= 15 is 0 Å². The normalized spacial score (nSPS) is 36.8. The second-order valence-corrected chi connectivity index (χ2v) is 12.7. The fourth-order valence-corrected chi connectivity index (χ4v) is 8.30. The second kappa shape index (κ2) is 8.22. The summed E-state index contributed by atoms with van der Waals surface area (Å²) in [5.74, 6) is 1.28. The van der Waals surface area contributed by atoms with Crippen LogP contribution in [0.25, 0.3) is 0 Å². The molecule has 6 atom stereocenters. The number of benzene rings is 1. The van der Waals surface area contributed by atoms with Crippen LogP contribution in [0.1, 0.15) is 69.2 Å². The highest BCUT2D eigenvalue weighted by atomic mass is 32.2. The van der Waals surface area contributed by atoms with Gasteiger partial charge in [0.1, 0.15) is 5.76 Å². The fraction of sp³-hybridized carbons (Fsp3) is 0.593. The van der Waals surface area contributed by atoms with Crippen molar-refractivity contribution in [3.8, 4) is 0 Å². The van der Waals surface area contributed by atoms with Gasteiger partial charge in [-0.05, 0) is 78.8 Å². The average molecular weight is 509 g/mol. The molecule has 35 heavy (non-hydrogen) atoms. The van der Waals surface area contributed by atoms with Gasteiger partial charge >= 0.3 is 15.6 Å². The predicted molar refractivity (Wildman–Crippen MR) is 125 cm³/mol. The van der Waals surface area contributed by atoms with Gasteiger partial charge in [0.25, 0.3) is 0 Å². The Morgan fingerprint density at radius 2 is 1.74 bits per heavy atom. The summed E-state index contributed by atoms with van der Waals surface area (Å²) in [7, 11) is -5.66. The third-order valence-corrected chi connectivity index (χ3v) is 10.6. The van der Waals surface area contributed by atoms with Crippen LogP contribution < -0.4 is 0 Å². The first-order valence-corrected chi connectivity index (χ1v) is 13.8. The Balaban J connectivity index is 1.39. The van der Waals surface area contributed by atoms with Crippen molar-refractivity contribution < 1.29 is 30.6 Å². The molecule has 4 aliphatic rings. The van der Waals surface area contributed by atoms with Crippen molar-refractivity contribution in [3.63, 3.8) is 0 Å². The summed E-state index contributed by atoms with van der Waals surface area (Å²) in [6, 6.07) is 9.52. The van der Waals surface area contributed by atoms with E-state index in [1.807, 2.05) is 30.3 Å². The number of ketones is 1. The summed E-state index contributed by atoms with van der Waals surface area (Å²) < 4.78 is 65.9. The Labute approximate surface area is 204 Å². The molecule has 0 heterocycles. The number of hydrogen-bond acceptors (Lipinski definition) is 4. The Hall–Kier alpha value is -2.09. The van der Waals surface area contributed by atoms with E-state index in [0.29, 0.717) is 24.2 Å². The number of hydrogen-bond donors (Lipinski definition) is 0. The van der Waals surface area contributed by atoms with Gasteiger partial charge < -0.3 is 4.18 Å². The van der Waals surface area contributed by atoms with Gasteiger partial charge in [-0.2, -0.15) is 21.6 Å². The number of Topliss-reactive ketones (excluding diaryl/α,β-unsaturated/α-hetero) is 1. The van der Waals surface area contributed by atoms with Crippen molar-refractivity contribution in [2.45, 2.75) is 64.3 Å². The first-order chi connectivity index (χ1) is 16.4.